The van der Waals surface area contributed by atoms with Crippen molar-refractivity contribution >= 4 is 6.09 Å². The van der Waals surface area contributed by atoms with Gasteiger partial charge in [-0.25, -0.2) is 4.79 Å². The van der Waals surface area contributed by atoms with Gasteiger partial charge in [-0.2, -0.15) is 0 Å². The molecular formula is C23H21NO5. The number of phenols is 1. The second-order valence-electron chi connectivity index (χ2n) is 6.64. The SMILES string of the molecule is CCCNC(=O)Oc1cc(O)c2c(c1)OC(c1ccccc1)(c1ccccc1)O2. The van der Waals surface area contributed by atoms with Crippen LogP contribution >= 0.6 is 0 Å². The molecule has 2 N–H and O–H groups in total. The summed E-state index contributed by atoms with van der Waals surface area (Å²) in [6, 6.07) is 21.8. The molecule has 1 aliphatic heterocycles. The van der Waals surface area contributed by atoms with Crippen LogP contribution in [0.25, 0.3) is 0 Å². The van der Waals surface area contributed by atoms with Gasteiger partial charge in [0.2, 0.25) is 5.75 Å². The van der Waals surface area contributed by atoms with E-state index in [9.17, 15) is 9.90 Å². The molecule has 0 bridgehead atoms. The highest BCUT2D eigenvalue weighted by Crippen LogP contribution is 2.53. The van der Waals surface area contributed by atoms with Gasteiger partial charge in [0.1, 0.15) is 5.75 Å². The van der Waals surface area contributed by atoms with E-state index in [-0.39, 0.29) is 23.0 Å². The summed E-state index contributed by atoms with van der Waals surface area (Å²) in [6.07, 6.45) is 0.195. The second kappa shape index (κ2) is 7.75. The Bertz CT molecular complexity index is 965. The summed E-state index contributed by atoms with van der Waals surface area (Å²) in [7, 11) is 0. The molecule has 0 radical (unpaired) electrons. The lowest BCUT2D eigenvalue weighted by atomic mass is 9.97. The summed E-state index contributed by atoms with van der Waals surface area (Å²) >= 11 is 0. The first kappa shape index (κ1) is 18.7. The van der Waals surface area contributed by atoms with E-state index in [1.54, 1.807) is 0 Å². The fourth-order valence-electron chi connectivity index (χ4n) is 3.21. The quantitative estimate of drug-likeness (QED) is 0.667. The highest BCUT2D eigenvalue weighted by Gasteiger charge is 2.46. The van der Waals surface area contributed by atoms with Crippen molar-refractivity contribution < 1.29 is 24.1 Å². The summed E-state index contributed by atoms with van der Waals surface area (Å²) in [5.41, 5.74) is 1.54. The smallest absolute Gasteiger partial charge is 0.412 e. The molecule has 0 aliphatic carbocycles. The zero-order valence-electron chi connectivity index (χ0n) is 15.9. The molecule has 0 fully saturated rings. The fraction of sp³-hybridized carbons (Fsp3) is 0.174. The molecule has 1 amide bonds. The first-order chi connectivity index (χ1) is 14.1. The number of hydrogen-bond donors (Lipinski definition) is 2. The summed E-state index contributed by atoms with van der Waals surface area (Å²) < 4.78 is 17.7. The Hall–Kier alpha value is -3.67. The lowest BCUT2D eigenvalue weighted by molar-refractivity contribution is -0.0467. The maximum Gasteiger partial charge on any atom is 0.412 e. The Balaban J connectivity index is 1.71. The normalized spacial score (nSPS) is 13.7. The van der Waals surface area contributed by atoms with Crippen LogP contribution in [0.3, 0.4) is 0 Å². The molecular weight excluding hydrogens is 370 g/mol. The Kier molecular flexibility index (Phi) is 4.99. The maximum atomic E-state index is 11.9. The minimum atomic E-state index is -1.26. The Labute approximate surface area is 168 Å². The molecule has 1 heterocycles. The van der Waals surface area contributed by atoms with Crippen molar-refractivity contribution in [3.63, 3.8) is 0 Å². The molecule has 3 aromatic rings. The largest absolute Gasteiger partial charge is 0.504 e. The maximum absolute atomic E-state index is 11.9. The minimum Gasteiger partial charge on any atom is -0.504 e. The van der Waals surface area contributed by atoms with Crippen molar-refractivity contribution in [1.29, 1.82) is 0 Å². The van der Waals surface area contributed by atoms with E-state index in [2.05, 4.69) is 5.32 Å². The molecule has 6 heteroatoms. The molecule has 0 atom stereocenters. The Morgan fingerprint density at radius 1 is 1.00 bits per heavy atom. The summed E-state index contributed by atoms with van der Waals surface area (Å²) in [5.74, 6) is -0.786. The summed E-state index contributed by atoms with van der Waals surface area (Å²) in [6.45, 7) is 2.44. The third-order valence-corrected chi connectivity index (χ3v) is 4.55. The first-order valence-corrected chi connectivity index (χ1v) is 9.44. The van der Waals surface area contributed by atoms with Crippen molar-refractivity contribution in [1.82, 2.24) is 5.32 Å². The van der Waals surface area contributed by atoms with Gasteiger partial charge >= 0.3 is 11.9 Å². The number of aromatic hydroxyl groups is 1. The fourth-order valence-corrected chi connectivity index (χ4v) is 3.21. The Morgan fingerprint density at radius 3 is 2.21 bits per heavy atom. The van der Waals surface area contributed by atoms with Crippen LogP contribution in [-0.2, 0) is 5.79 Å². The van der Waals surface area contributed by atoms with Crippen LogP contribution in [0.1, 0.15) is 24.5 Å². The number of fused-ring (bicyclic) bond motifs is 1. The van der Waals surface area contributed by atoms with Gasteiger partial charge in [-0.1, -0.05) is 67.6 Å². The van der Waals surface area contributed by atoms with E-state index < -0.39 is 11.9 Å². The molecule has 0 aromatic heterocycles. The standard InChI is InChI=1S/C23H21NO5/c1-2-13-24-22(26)27-18-14-19(25)21-20(15-18)28-23(29-21,16-9-5-3-6-10-16)17-11-7-4-8-12-17/h3-12,14-15,25H,2,13H2,1H3,(H,24,26). The average Bonchev–Trinajstić information content (AvgIpc) is 3.15. The van der Waals surface area contributed by atoms with E-state index in [4.69, 9.17) is 14.2 Å². The number of nitrogens with one attached hydrogen (secondary N) is 1. The third-order valence-electron chi connectivity index (χ3n) is 4.55. The van der Waals surface area contributed by atoms with Crippen LogP contribution in [0.2, 0.25) is 0 Å². The van der Waals surface area contributed by atoms with E-state index in [1.807, 2.05) is 67.6 Å². The molecule has 6 nitrogen and oxygen atoms in total. The number of benzene rings is 3. The molecule has 0 unspecified atom stereocenters. The van der Waals surface area contributed by atoms with Crippen molar-refractivity contribution in [2.75, 3.05) is 6.54 Å². The van der Waals surface area contributed by atoms with Crippen LogP contribution in [0.15, 0.2) is 72.8 Å². The molecule has 4 rings (SSSR count). The summed E-state index contributed by atoms with van der Waals surface area (Å²) in [5, 5.41) is 13.1. The zero-order valence-corrected chi connectivity index (χ0v) is 15.9. The number of carbonyl (C=O) groups excluding carboxylic acids is 1. The van der Waals surface area contributed by atoms with Gasteiger partial charge in [0.05, 0.1) is 0 Å². The van der Waals surface area contributed by atoms with Crippen LogP contribution < -0.4 is 19.5 Å². The van der Waals surface area contributed by atoms with E-state index in [0.29, 0.717) is 6.54 Å². The lowest BCUT2D eigenvalue weighted by Crippen LogP contribution is -2.36. The van der Waals surface area contributed by atoms with Crippen LogP contribution in [-0.4, -0.2) is 17.7 Å². The molecule has 1 aliphatic rings. The average molecular weight is 391 g/mol. The Morgan fingerprint density at radius 2 is 1.62 bits per heavy atom. The van der Waals surface area contributed by atoms with Crippen molar-refractivity contribution in [3.8, 4) is 23.0 Å². The molecule has 29 heavy (non-hydrogen) atoms. The second-order valence-corrected chi connectivity index (χ2v) is 6.64. The van der Waals surface area contributed by atoms with E-state index in [0.717, 1.165) is 17.5 Å². The monoisotopic (exact) mass is 391 g/mol. The van der Waals surface area contributed by atoms with Gasteiger partial charge < -0.3 is 24.6 Å². The number of phenolic OH excluding ortho intramolecular Hbond substituents is 1. The van der Waals surface area contributed by atoms with Crippen molar-refractivity contribution in [3.05, 3.63) is 83.9 Å². The van der Waals surface area contributed by atoms with Crippen LogP contribution in [0.5, 0.6) is 23.0 Å². The van der Waals surface area contributed by atoms with Gasteiger partial charge in [-0.15, -0.1) is 0 Å². The molecule has 0 saturated carbocycles. The molecule has 148 valence electrons. The summed E-state index contributed by atoms with van der Waals surface area (Å²) in [4.78, 5) is 11.9. The number of carbonyl (C=O) groups is 1. The molecule has 0 saturated heterocycles. The zero-order chi connectivity index (χ0) is 20.3. The number of ether oxygens (including phenoxy) is 3. The molecule has 0 spiro atoms. The van der Waals surface area contributed by atoms with Crippen molar-refractivity contribution in [2.24, 2.45) is 0 Å². The highest BCUT2D eigenvalue weighted by atomic mass is 16.7. The topological polar surface area (TPSA) is 77.0 Å². The van der Waals surface area contributed by atoms with Crippen LogP contribution in [0, 0.1) is 0 Å². The van der Waals surface area contributed by atoms with Crippen LogP contribution in [0.4, 0.5) is 4.79 Å². The van der Waals surface area contributed by atoms with Gasteiger partial charge in [-0.05, 0) is 6.42 Å². The predicted molar refractivity (Wildman–Crippen MR) is 107 cm³/mol. The highest BCUT2D eigenvalue weighted by molar-refractivity contribution is 5.71. The van der Waals surface area contributed by atoms with Gasteiger partial charge in [-0.3, -0.25) is 0 Å². The van der Waals surface area contributed by atoms with Gasteiger partial charge in [0, 0.05) is 29.8 Å². The van der Waals surface area contributed by atoms with Gasteiger partial charge in [0.25, 0.3) is 0 Å². The van der Waals surface area contributed by atoms with Crippen molar-refractivity contribution in [2.45, 2.75) is 19.1 Å². The third kappa shape index (κ3) is 3.57. The first-order valence-electron chi connectivity index (χ1n) is 9.44. The number of rotatable bonds is 5. The number of amides is 1. The lowest BCUT2D eigenvalue weighted by Gasteiger charge is -2.28. The predicted octanol–water partition coefficient (Wildman–Crippen LogP) is 4.56. The number of hydrogen-bond acceptors (Lipinski definition) is 5. The van der Waals surface area contributed by atoms with Gasteiger partial charge in [0.15, 0.2) is 11.5 Å². The molecule has 3 aromatic carbocycles. The minimum absolute atomic E-state index is 0.162. The van der Waals surface area contributed by atoms with E-state index >= 15 is 0 Å². The van der Waals surface area contributed by atoms with E-state index in [1.165, 1.54) is 12.1 Å².